The molecule has 24 heavy (non-hydrogen) atoms. The Hall–Kier alpha value is -2.39. The van der Waals surface area contributed by atoms with Gasteiger partial charge in [0.1, 0.15) is 6.61 Å². The molecule has 0 heterocycles. The molecular formula is C21H22O3. The van der Waals surface area contributed by atoms with E-state index in [4.69, 9.17) is 9.47 Å². The minimum absolute atomic E-state index is 0.271. The molecule has 0 atom stereocenters. The molecule has 3 heteroatoms. The second-order valence-electron chi connectivity index (χ2n) is 6.30. The lowest BCUT2D eigenvalue weighted by Crippen LogP contribution is -2.13. The third kappa shape index (κ3) is 3.57. The molecule has 0 spiro atoms. The molecule has 124 valence electrons. The van der Waals surface area contributed by atoms with Crippen LogP contribution in [0.2, 0.25) is 0 Å². The van der Waals surface area contributed by atoms with Crippen molar-refractivity contribution in [3.63, 3.8) is 0 Å². The molecule has 0 saturated carbocycles. The Kier molecular flexibility index (Phi) is 5.11. The Bertz CT molecular complexity index is 852. The lowest BCUT2D eigenvalue weighted by Gasteiger charge is -2.11. The SMILES string of the molecule is CC(C)COCCOC(=O)c1cccc2ccc3ccccc3c12. The largest absolute Gasteiger partial charge is 0.460 e. The molecule has 3 rings (SSSR count). The minimum atomic E-state index is -0.301. The highest BCUT2D eigenvalue weighted by atomic mass is 16.6. The predicted molar refractivity (Wildman–Crippen MR) is 97.4 cm³/mol. The molecule has 0 aliphatic carbocycles. The maximum absolute atomic E-state index is 12.5. The van der Waals surface area contributed by atoms with Gasteiger partial charge >= 0.3 is 5.97 Å². The van der Waals surface area contributed by atoms with Gasteiger partial charge in [-0.25, -0.2) is 4.79 Å². The van der Waals surface area contributed by atoms with E-state index in [1.165, 1.54) is 0 Å². The first-order valence-corrected chi connectivity index (χ1v) is 8.32. The van der Waals surface area contributed by atoms with Crippen LogP contribution < -0.4 is 0 Å². The van der Waals surface area contributed by atoms with E-state index in [9.17, 15) is 4.79 Å². The topological polar surface area (TPSA) is 35.5 Å². The highest BCUT2D eigenvalue weighted by Crippen LogP contribution is 2.28. The van der Waals surface area contributed by atoms with Crippen LogP contribution in [0.15, 0.2) is 54.6 Å². The lowest BCUT2D eigenvalue weighted by molar-refractivity contribution is 0.0279. The number of carbonyl (C=O) groups excluding carboxylic acids is 1. The van der Waals surface area contributed by atoms with E-state index in [2.05, 4.69) is 26.0 Å². The molecule has 0 aliphatic heterocycles. The molecule has 0 N–H and O–H groups in total. The van der Waals surface area contributed by atoms with Gasteiger partial charge in [0, 0.05) is 12.0 Å². The zero-order valence-electron chi connectivity index (χ0n) is 14.1. The molecule has 0 aliphatic rings. The van der Waals surface area contributed by atoms with Gasteiger partial charge in [-0.2, -0.15) is 0 Å². The van der Waals surface area contributed by atoms with E-state index in [1.54, 1.807) is 0 Å². The molecule has 3 aromatic carbocycles. The third-order valence-electron chi connectivity index (χ3n) is 3.90. The fourth-order valence-electron chi connectivity index (χ4n) is 2.82. The molecule has 0 radical (unpaired) electrons. The van der Waals surface area contributed by atoms with Crippen molar-refractivity contribution in [2.75, 3.05) is 19.8 Å². The van der Waals surface area contributed by atoms with Gasteiger partial charge < -0.3 is 9.47 Å². The average Bonchev–Trinajstić information content (AvgIpc) is 2.60. The normalized spacial score (nSPS) is 11.3. The maximum Gasteiger partial charge on any atom is 0.338 e. The Morgan fingerprint density at radius 2 is 1.67 bits per heavy atom. The monoisotopic (exact) mass is 322 g/mol. The maximum atomic E-state index is 12.5. The number of hydrogen-bond donors (Lipinski definition) is 0. The average molecular weight is 322 g/mol. The Balaban J connectivity index is 1.83. The summed E-state index contributed by atoms with van der Waals surface area (Å²) >= 11 is 0. The first-order valence-electron chi connectivity index (χ1n) is 8.32. The summed E-state index contributed by atoms with van der Waals surface area (Å²) in [5.74, 6) is 0.176. The predicted octanol–water partition coefficient (Wildman–Crippen LogP) is 4.82. The van der Waals surface area contributed by atoms with Crippen LogP contribution in [-0.4, -0.2) is 25.8 Å². The van der Waals surface area contributed by atoms with Crippen molar-refractivity contribution in [3.8, 4) is 0 Å². The highest BCUT2D eigenvalue weighted by molar-refractivity contribution is 6.16. The molecule has 0 unspecified atom stereocenters. The van der Waals surface area contributed by atoms with E-state index >= 15 is 0 Å². The lowest BCUT2D eigenvalue weighted by atomic mass is 9.98. The van der Waals surface area contributed by atoms with Crippen LogP contribution in [0.4, 0.5) is 0 Å². The van der Waals surface area contributed by atoms with Crippen molar-refractivity contribution in [1.82, 2.24) is 0 Å². The van der Waals surface area contributed by atoms with Crippen molar-refractivity contribution in [2.45, 2.75) is 13.8 Å². The van der Waals surface area contributed by atoms with Gasteiger partial charge in [0.25, 0.3) is 0 Å². The molecule has 0 amide bonds. The van der Waals surface area contributed by atoms with Gasteiger partial charge in [-0.3, -0.25) is 0 Å². The van der Waals surface area contributed by atoms with Crippen LogP contribution >= 0.6 is 0 Å². The molecule has 0 saturated heterocycles. The van der Waals surface area contributed by atoms with Gasteiger partial charge in [-0.05, 0) is 28.1 Å². The quantitative estimate of drug-likeness (QED) is 0.371. The minimum Gasteiger partial charge on any atom is -0.460 e. The van der Waals surface area contributed by atoms with Crippen molar-refractivity contribution in [2.24, 2.45) is 5.92 Å². The van der Waals surface area contributed by atoms with Crippen molar-refractivity contribution < 1.29 is 14.3 Å². The first-order chi connectivity index (χ1) is 11.7. The number of rotatable bonds is 6. The number of carbonyl (C=O) groups is 1. The van der Waals surface area contributed by atoms with Gasteiger partial charge in [-0.1, -0.05) is 62.4 Å². The summed E-state index contributed by atoms with van der Waals surface area (Å²) in [6.07, 6.45) is 0. The van der Waals surface area contributed by atoms with E-state index in [1.807, 2.05) is 42.5 Å². The number of esters is 1. The van der Waals surface area contributed by atoms with E-state index < -0.39 is 0 Å². The number of fused-ring (bicyclic) bond motifs is 3. The number of hydrogen-bond acceptors (Lipinski definition) is 3. The summed E-state index contributed by atoms with van der Waals surface area (Å²) < 4.78 is 10.9. The fraction of sp³-hybridized carbons (Fsp3) is 0.286. The second-order valence-corrected chi connectivity index (χ2v) is 6.30. The third-order valence-corrected chi connectivity index (χ3v) is 3.90. The first kappa shape index (κ1) is 16.5. The van der Waals surface area contributed by atoms with Crippen LogP contribution in [-0.2, 0) is 9.47 Å². The van der Waals surface area contributed by atoms with Crippen molar-refractivity contribution in [1.29, 1.82) is 0 Å². The highest BCUT2D eigenvalue weighted by Gasteiger charge is 2.13. The summed E-state index contributed by atoms with van der Waals surface area (Å²) in [5, 5.41) is 4.17. The smallest absolute Gasteiger partial charge is 0.338 e. The molecule has 0 fully saturated rings. The van der Waals surface area contributed by atoms with Crippen LogP contribution in [0.3, 0.4) is 0 Å². The Morgan fingerprint density at radius 3 is 2.50 bits per heavy atom. The van der Waals surface area contributed by atoms with E-state index in [0.717, 1.165) is 21.5 Å². The zero-order valence-corrected chi connectivity index (χ0v) is 14.1. The summed E-state index contributed by atoms with van der Waals surface area (Å²) in [6, 6.07) is 17.9. The van der Waals surface area contributed by atoms with Crippen LogP contribution in [0, 0.1) is 5.92 Å². The number of benzene rings is 3. The van der Waals surface area contributed by atoms with Crippen molar-refractivity contribution >= 4 is 27.5 Å². The van der Waals surface area contributed by atoms with Gasteiger partial charge in [0.05, 0.1) is 12.2 Å². The van der Waals surface area contributed by atoms with E-state index in [0.29, 0.717) is 24.7 Å². The van der Waals surface area contributed by atoms with Crippen LogP contribution in [0.25, 0.3) is 21.5 Å². The standard InChI is InChI=1S/C21H22O3/c1-15(2)14-23-12-13-24-21(22)19-9-5-7-17-11-10-16-6-3-4-8-18(16)20(17)19/h3-11,15H,12-14H2,1-2H3. The molecule has 3 aromatic rings. The van der Waals surface area contributed by atoms with Gasteiger partial charge in [0.15, 0.2) is 0 Å². The summed E-state index contributed by atoms with van der Waals surface area (Å²) in [4.78, 5) is 12.5. The van der Waals surface area contributed by atoms with Crippen molar-refractivity contribution in [3.05, 3.63) is 60.2 Å². The Labute approximate surface area is 142 Å². The van der Waals surface area contributed by atoms with Gasteiger partial charge in [-0.15, -0.1) is 0 Å². The number of ether oxygens (including phenoxy) is 2. The molecule has 0 aromatic heterocycles. The van der Waals surface area contributed by atoms with Crippen LogP contribution in [0.1, 0.15) is 24.2 Å². The second kappa shape index (κ2) is 7.45. The zero-order chi connectivity index (χ0) is 16.9. The molecular weight excluding hydrogens is 300 g/mol. The summed E-state index contributed by atoms with van der Waals surface area (Å²) in [5.41, 5.74) is 0.605. The van der Waals surface area contributed by atoms with Gasteiger partial charge in [0.2, 0.25) is 0 Å². The Morgan fingerprint density at radius 1 is 0.917 bits per heavy atom. The summed E-state index contributed by atoms with van der Waals surface area (Å²) in [7, 11) is 0. The van der Waals surface area contributed by atoms with E-state index in [-0.39, 0.29) is 12.6 Å². The molecule has 0 bridgehead atoms. The summed E-state index contributed by atoms with van der Waals surface area (Å²) in [6.45, 7) is 5.55. The molecule has 3 nitrogen and oxygen atoms in total. The van der Waals surface area contributed by atoms with Crippen LogP contribution in [0.5, 0.6) is 0 Å². The fourth-order valence-corrected chi connectivity index (χ4v) is 2.82.